The molecular weight excluding hydrogens is 176 g/mol. The molecule has 3 heteroatoms. The molecule has 84 valence electrons. The van der Waals surface area contributed by atoms with Gasteiger partial charge in [-0.3, -0.25) is 0 Å². The summed E-state index contributed by atoms with van der Waals surface area (Å²) in [5, 5.41) is 9.35. The Morgan fingerprint density at radius 2 is 2.00 bits per heavy atom. The van der Waals surface area contributed by atoms with E-state index in [0.29, 0.717) is 6.54 Å². The summed E-state index contributed by atoms with van der Waals surface area (Å²) in [7, 11) is 2.17. The maximum Gasteiger partial charge on any atom is 0.0674 e. The van der Waals surface area contributed by atoms with Crippen molar-refractivity contribution in [1.29, 1.82) is 0 Å². The normalized spacial score (nSPS) is 21.4. The number of aliphatic hydroxyl groups excluding tert-OH is 1. The average Bonchev–Trinajstić information content (AvgIpc) is 2.26. The number of aliphatic hydroxyl groups is 1. The molecule has 0 saturated heterocycles. The topological polar surface area (TPSA) is 49.5 Å². The summed E-state index contributed by atoms with van der Waals surface area (Å²) in [5.41, 5.74) is 5.37. The van der Waals surface area contributed by atoms with Crippen LogP contribution in [0.15, 0.2) is 0 Å². The molecule has 0 aromatic rings. The van der Waals surface area contributed by atoms with Crippen LogP contribution in [0.5, 0.6) is 0 Å². The second kappa shape index (κ2) is 6.38. The zero-order valence-corrected chi connectivity index (χ0v) is 9.28. The van der Waals surface area contributed by atoms with E-state index in [9.17, 15) is 5.11 Å². The van der Waals surface area contributed by atoms with Crippen molar-refractivity contribution in [3.63, 3.8) is 0 Å². The van der Waals surface area contributed by atoms with E-state index in [0.717, 1.165) is 19.0 Å². The van der Waals surface area contributed by atoms with Crippen LogP contribution < -0.4 is 5.73 Å². The molecule has 1 saturated carbocycles. The van der Waals surface area contributed by atoms with Gasteiger partial charge >= 0.3 is 0 Å². The van der Waals surface area contributed by atoms with Gasteiger partial charge in [0.2, 0.25) is 0 Å². The summed E-state index contributed by atoms with van der Waals surface area (Å²) in [4.78, 5) is 2.39. The van der Waals surface area contributed by atoms with Gasteiger partial charge < -0.3 is 15.7 Å². The van der Waals surface area contributed by atoms with Crippen molar-refractivity contribution in [3.05, 3.63) is 0 Å². The van der Waals surface area contributed by atoms with Gasteiger partial charge in [-0.2, -0.15) is 0 Å². The molecule has 0 radical (unpaired) electrons. The molecular formula is C11H24N2O. The van der Waals surface area contributed by atoms with Crippen molar-refractivity contribution >= 4 is 0 Å². The van der Waals surface area contributed by atoms with Crippen LogP contribution in [0.2, 0.25) is 0 Å². The maximum absolute atomic E-state index is 9.35. The van der Waals surface area contributed by atoms with Crippen molar-refractivity contribution in [2.24, 2.45) is 5.73 Å². The molecule has 0 aromatic carbocycles. The Kier molecular flexibility index (Phi) is 5.45. The Morgan fingerprint density at radius 1 is 1.36 bits per heavy atom. The Morgan fingerprint density at radius 3 is 2.57 bits per heavy atom. The highest BCUT2D eigenvalue weighted by molar-refractivity contribution is 4.74. The van der Waals surface area contributed by atoms with Crippen LogP contribution in [0.3, 0.4) is 0 Å². The molecule has 1 unspecified atom stereocenters. The minimum Gasteiger partial charge on any atom is -0.392 e. The lowest BCUT2D eigenvalue weighted by molar-refractivity contribution is 0.129. The third-order valence-corrected chi connectivity index (χ3v) is 3.29. The van der Waals surface area contributed by atoms with Gasteiger partial charge in [-0.15, -0.1) is 0 Å². The van der Waals surface area contributed by atoms with E-state index in [1.54, 1.807) is 0 Å². The first-order chi connectivity index (χ1) is 6.74. The van der Waals surface area contributed by atoms with Gasteiger partial charge in [-0.25, -0.2) is 0 Å². The van der Waals surface area contributed by atoms with Crippen LogP contribution in [0.1, 0.15) is 38.5 Å². The van der Waals surface area contributed by atoms with Gasteiger partial charge in [-0.1, -0.05) is 19.3 Å². The molecule has 0 aromatic heterocycles. The van der Waals surface area contributed by atoms with E-state index in [1.807, 2.05) is 0 Å². The molecule has 1 aliphatic carbocycles. The molecule has 0 spiro atoms. The highest BCUT2D eigenvalue weighted by Crippen LogP contribution is 2.21. The second-order valence-corrected chi connectivity index (χ2v) is 4.45. The van der Waals surface area contributed by atoms with Gasteiger partial charge in [0.15, 0.2) is 0 Å². The van der Waals surface area contributed by atoms with E-state index in [4.69, 9.17) is 5.73 Å². The predicted molar refractivity (Wildman–Crippen MR) is 59.2 cm³/mol. The fraction of sp³-hybridized carbons (Fsp3) is 1.00. The van der Waals surface area contributed by atoms with Gasteiger partial charge in [-0.05, 0) is 26.3 Å². The van der Waals surface area contributed by atoms with Crippen LogP contribution in [-0.2, 0) is 0 Å². The summed E-state index contributed by atoms with van der Waals surface area (Å²) in [6.07, 6.45) is 7.29. The largest absolute Gasteiger partial charge is 0.392 e. The first kappa shape index (κ1) is 12.0. The number of rotatable bonds is 5. The molecule has 3 nitrogen and oxygen atoms in total. The van der Waals surface area contributed by atoms with E-state index < -0.39 is 0 Å². The van der Waals surface area contributed by atoms with Crippen molar-refractivity contribution in [1.82, 2.24) is 4.90 Å². The quantitative estimate of drug-likeness (QED) is 0.695. The van der Waals surface area contributed by atoms with Crippen molar-refractivity contribution in [3.8, 4) is 0 Å². The second-order valence-electron chi connectivity index (χ2n) is 4.45. The predicted octanol–water partition coefficient (Wildman–Crippen LogP) is 0.961. The van der Waals surface area contributed by atoms with Gasteiger partial charge in [0.25, 0.3) is 0 Å². The summed E-state index contributed by atoms with van der Waals surface area (Å²) in [5.74, 6) is 0. The molecule has 1 atom stereocenters. The summed E-state index contributed by atoms with van der Waals surface area (Å²) in [6.45, 7) is 1.36. The minimum absolute atomic E-state index is 0.318. The zero-order chi connectivity index (χ0) is 10.4. The van der Waals surface area contributed by atoms with Crippen LogP contribution in [0.25, 0.3) is 0 Å². The van der Waals surface area contributed by atoms with E-state index in [-0.39, 0.29) is 6.10 Å². The van der Waals surface area contributed by atoms with E-state index >= 15 is 0 Å². The third kappa shape index (κ3) is 3.95. The molecule has 0 heterocycles. The average molecular weight is 200 g/mol. The first-order valence-corrected chi connectivity index (χ1v) is 5.82. The number of nitrogens with two attached hydrogens (primary N) is 1. The molecule has 0 amide bonds. The van der Waals surface area contributed by atoms with Crippen LogP contribution >= 0.6 is 0 Å². The Bertz CT molecular complexity index is 146. The smallest absolute Gasteiger partial charge is 0.0674 e. The Hall–Kier alpha value is -0.120. The van der Waals surface area contributed by atoms with Gasteiger partial charge in [0.1, 0.15) is 0 Å². The van der Waals surface area contributed by atoms with Crippen LogP contribution in [0, 0.1) is 0 Å². The molecule has 1 rings (SSSR count). The van der Waals surface area contributed by atoms with Crippen molar-refractivity contribution in [2.45, 2.75) is 50.7 Å². The SMILES string of the molecule is CN(CCC(O)CN)C1CCCCC1. The van der Waals surface area contributed by atoms with Gasteiger partial charge in [0, 0.05) is 19.1 Å². The summed E-state index contributed by atoms with van der Waals surface area (Å²) in [6, 6.07) is 0.744. The molecule has 1 fully saturated rings. The van der Waals surface area contributed by atoms with Gasteiger partial charge in [0.05, 0.1) is 6.10 Å². The first-order valence-electron chi connectivity index (χ1n) is 5.82. The van der Waals surface area contributed by atoms with E-state index in [1.165, 1.54) is 32.1 Å². The Labute approximate surface area is 87.3 Å². The molecule has 14 heavy (non-hydrogen) atoms. The van der Waals surface area contributed by atoms with Crippen molar-refractivity contribution < 1.29 is 5.11 Å². The molecule has 1 aliphatic rings. The van der Waals surface area contributed by atoms with Crippen LogP contribution in [-0.4, -0.2) is 42.3 Å². The molecule has 0 aliphatic heterocycles. The molecule has 0 bridgehead atoms. The van der Waals surface area contributed by atoms with Crippen LogP contribution in [0.4, 0.5) is 0 Å². The third-order valence-electron chi connectivity index (χ3n) is 3.29. The lowest BCUT2D eigenvalue weighted by Crippen LogP contribution is -2.36. The number of hydrogen-bond donors (Lipinski definition) is 2. The number of nitrogens with zero attached hydrogens (tertiary/aromatic N) is 1. The standard InChI is InChI=1S/C11H24N2O/c1-13(8-7-11(14)9-12)10-5-3-2-4-6-10/h10-11,14H,2-9,12H2,1H3. The van der Waals surface area contributed by atoms with Crippen molar-refractivity contribution in [2.75, 3.05) is 20.1 Å². The number of hydrogen-bond acceptors (Lipinski definition) is 3. The monoisotopic (exact) mass is 200 g/mol. The Balaban J connectivity index is 2.16. The minimum atomic E-state index is -0.318. The summed E-state index contributed by atoms with van der Waals surface area (Å²) < 4.78 is 0. The highest BCUT2D eigenvalue weighted by atomic mass is 16.3. The fourth-order valence-electron chi connectivity index (χ4n) is 2.17. The fourth-order valence-corrected chi connectivity index (χ4v) is 2.17. The lowest BCUT2D eigenvalue weighted by Gasteiger charge is -2.31. The highest BCUT2D eigenvalue weighted by Gasteiger charge is 2.17. The maximum atomic E-state index is 9.35. The summed E-state index contributed by atoms with van der Waals surface area (Å²) >= 11 is 0. The lowest BCUT2D eigenvalue weighted by atomic mass is 9.94. The zero-order valence-electron chi connectivity index (χ0n) is 9.28. The molecule has 3 N–H and O–H groups in total. The van der Waals surface area contributed by atoms with E-state index in [2.05, 4.69) is 11.9 Å².